The Bertz CT molecular complexity index is 1170. The van der Waals surface area contributed by atoms with E-state index in [9.17, 15) is 24.4 Å². The zero-order chi connectivity index (χ0) is 25.8. The molecule has 2 heterocycles. The standard InChI is InChI=1S/C19H25N6O9P/c1-11(17(28)31-2)23-35(30,34-12-6-4-3-5-7-12)32-10-19(24-21)15(27)14(26)16(33-19)25-9-8-13(20)22-18(25)29/h3-9,11,14-16,21,26-27H,10H2,1-2H3,(H,23,30)(H2,20,22,29)/t11-,14+,15-,16+,19+,35?/m0/s1. The molecule has 3 rings (SSSR count). The summed E-state index contributed by atoms with van der Waals surface area (Å²) < 4.78 is 35.4. The van der Waals surface area contributed by atoms with Crippen LogP contribution in [-0.4, -0.2) is 63.4 Å². The second-order valence-electron chi connectivity index (χ2n) is 7.49. The van der Waals surface area contributed by atoms with Gasteiger partial charge in [-0.2, -0.15) is 15.2 Å². The minimum atomic E-state index is -4.39. The third-order valence-corrected chi connectivity index (χ3v) is 6.66. The number of aromatic nitrogens is 2. The van der Waals surface area contributed by atoms with Crippen LogP contribution in [0.5, 0.6) is 5.75 Å². The Morgan fingerprint density at radius 2 is 2.09 bits per heavy atom. The zero-order valence-electron chi connectivity index (χ0n) is 18.7. The topological polar surface area (TPSA) is 221 Å². The van der Waals surface area contributed by atoms with E-state index in [1.54, 1.807) is 18.2 Å². The molecule has 0 amide bonds. The summed E-state index contributed by atoms with van der Waals surface area (Å²) in [5.74, 6) is -0.736. The number of benzene rings is 1. The Balaban J connectivity index is 1.87. The fourth-order valence-corrected chi connectivity index (χ4v) is 4.72. The molecule has 1 aromatic heterocycles. The molecule has 1 unspecified atom stereocenters. The number of hydrogen-bond donors (Lipinski definition) is 5. The zero-order valence-corrected chi connectivity index (χ0v) is 19.6. The van der Waals surface area contributed by atoms with E-state index in [4.69, 9.17) is 25.0 Å². The maximum atomic E-state index is 13.5. The first-order valence-electron chi connectivity index (χ1n) is 10.2. The normalized spacial score (nSPS) is 26.5. The molecule has 0 aliphatic carbocycles. The number of esters is 1. The van der Waals surface area contributed by atoms with Gasteiger partial charge in [0.1, 0.15) is 36.4 Å². The van der Waals surface area contributed by atoms with Crippen molar-refractivity contribution in [3.8, 4) is 5.75 Å². The number of aliphatic hydroxyl groups excluding tert-OH is 2. The monoisotopic (exact) mass is 512 g/mol. The van der Waals surface area contributed by atoms with Gasteiger partial charge in [0.2, 0.25) is 5.72 Å². The van der Waals surface area contributed by atoms with Crippen molar-refractivity contribution in [3.05, 3.63) is 53.1 Å². The molecule has 1 aliphatic heterocycles. The van der Waals surface area contributed by atoms with Gasteiger partial charge in [-0.1, -0.05) is 18.2 Å². The minimum absolute atomic E-state index is 0.0798. The van der Waals surface area contributed by atoms with Crippen LogP contribution in [0.3, 0.4) is 0 Å². The Morgan fingerprint density at radius 3 is 2.69 bits per heavy atom. The highest BCUT2D eigenvalue weighted by Crippen LogP contribution is 2.48. The summed E-state index contributed by atoms with van der Waals surface area (Å²) in [6.07, 6.45) is -4.00. The van der Waals surface area contributed by atoms with Crippen molar-refractivity contribution >= 4 is 19.5 Å². The SMILES string of the molecule is COC(=O)[C@H](C)NP(=O)(OC[C@@]1(N=N)O[C@@H](n2ccc(N)nc2=O)[C@H](O)[C@@H]1O)Oc1ccccc1. The van der Waals surface area contributed by atoms with Crippen LogP contribution in [0.25, 0.3) is 0 Å². The molecule has 16 heteroatoms. The van der Waals surface area contributed by atoms with Crippen LogP contribution in [0, 0.1) is 5.53 Å². The molecule has 6 atom stereocenters. The molecule has 6 N–H and O–H groups in total. The molecule has 0 bridgehead atoms. The number of aliphatic hydroxyl groups is 2. The summed E-state index contributed by atoms with van der Waals surface area (Å²) in [7, 11) is -3.26. The van der Waals surface area contributed by atoms with Gasteiger partial charge >= 0.3 is 19.4 Å². The van der Waals surface area contributed by atoms with Crippen LogP contribution >= 0.6 is 7.75 Å². The van der Waals surface area contributed by atoms with Crippen molar-refractivity contribution in [3.63, 3.8) is 0 Å². The summed E-state index contributed by atoms with van der Waals surface area (Å²) in [4.78, 5) is 27.6. The number of nitrogens with two attached hydrogens (primary N) is 1. The summed E-state index contributed by atoms with van der Waals surface area (Å²) in [6.45, 7) is 0.468. The predicted octanol–water partition coefficient (Wildman–Crippen LogP) is 0.158. The lowest BCUT2D eigenvalue weighted by molar-refractivity contribution is -0.142. The quantitative estimate of drug-likeness (QED) is 0.163. The van der Waals surface area contributed by atoms with Gasteiger partial charge in [0, 0.05) is 6.20 Å². The highest BCUT2D eigenvalue weighted by Gasteiger charge is 2.57. The first-order chi connectivity index (χ1) is 16.5. The van der Waals surface area contributed by atoms with Crippen LogP contribution in [0.4, 0.5) is 5.82 Å². The van der Waals surface area contributed by atoms with E-state index < -0.39 is 56.2 Å². The first kappa shape index (κ1) is 26.4. The number of ether oxygens (including phenoxy) is 2. The Kier molecular flexibility index (Phi) is 8.00. The van der Waals surface area contributed by atoms with Crippen molar-refractivity contribution in [1.82, 2.24) is 14.6 Å². The van der Waals surface area contributed by atoms with E-state index in [2.05, 4.69) is 19.9 Å². The molecule has 1 aliphatic rings. The summed E-state index contributed by atoms with van der Waals surface area (Å²) in [6, 6.07) is 7.97. The lowest BCUT2D eigenvalue weighted by Crippen LogP contribution is -2.45. The smallest absolute Gasteiger partial charge is 0.459 e. The molecule has 1 aromatic carbocycles. The maximum absolute atomic E-state index is 13.5. The number of para-hydroxylation sites is 1. The number of carbonyl (C=O) groups excluding carboxylic acids is 1. The van der Waals surface area contributed by atoms with Gasteiger partial charge in [-0.15, -0.1) is 0 Å². The third-order valence-electron chi connectivity index (χ3n) is 5.03. The van der Waals surface area contributed by atoms with Crippen LogP contribution < -0.4 is 21.0 Å². The van der Waals surface area contributed by atoms with Gasteiger partial charge in [0.15, 0.2) is 6.23 Å². The molecule has 1 saturated heterocycles. The van der Waals surface area contributed by atoms with Gasteiger partial charge in [0.05, 0.1) is 7.11 Å². The van der Waals surface area contributed by atoms with E-state index in [1.807, 2.05) is 0 Å². The molecular weight excluding hydrogens is 487 g/mol. The Hall–Kier alpha value is -3.20. The average Bonchev–Trinajstić information content (AvgIpc) is 3.08. The van der Waals surface area contributed by atoms with E-state index in [0.717, 1.165) is 11.7 Å². The van der Waals surface area contributed by atoms with E-state index in [1.165, 1.54) is 31.3 Å². The number of methoxy groups -OCH3 is 1. The van der Waals surface area contributed by atoms with Crippen molar-refractivity contribution in [2.24, 2.45) is 5.11 Å². The van der Waals surface area contributed by atoms with Gasteiger partial charge < -0.3 is 29.9 Å². The maximum Gasteiger partial charge on any atom is 0.459 e. The fourth-order valence-electron chi connectivity index (χ4n) is 3.21. The van der Waals surface area contributed by atoms with Crippen LogP contribution in [0.2, 0.25) is 0 Å². The Morgan fingerprint density at radius 1 is 1.40 bits per heavy atom. The average molecular weight is 512 g/mol. The highest BCUT2D eigenvalue weighted by atomic mass is 31.2. The molecule has 0 spiro atoms. The second-order valence-corrected chi connectivity index (χ2v) is 9.19. The van der Waals surface area contributed by atoms with E-state index >= 15 is 0 Å². The van der Waals surface area contributed by atoms with Gasteiger partial charge in [-0.3, -0.25) is 13.9 Å². The first-order valence-corrected chi connectivity index (χ1v) is 11.7. The van der Waals surface area contributed by atoms with Gasteiger partial charge in [0.25, 0.3) is 0 Å². The van der Waals surface area contributed by atoms with Crippen molar-refractivity contribution in [1.29, 1.82) is 5.53 Å². The minimum Gasteiger partial charge on any atom is -0.468 e. The largest absolute Gasteiger partial charge is 0.468 e. The molecule has 15 nitrogen and oxygen atoms in total. The predicted molar refractivity (Wildman–Crippen MR) is 118 cm³/mol. The lowest BCUT2D eigenvalue weighted by atomic mass is 10.1. The van der Waals surface area contributed by atoms with Gasteiger partial charge in [-0.25, -0.2) is 14.9 Å². The molecule has 190 valence electrons. The third kappa shape index (κ3) is 5.73. The molecular formula is C19H25N6O9P. The molecule has 1 fully saturated rings. The van der Waals surface area contributed by atoms with E-state index in [-0.39, 0.29) is 11.6 Å². The van der Waals surface area contributed by atoms with Crippen LogP contribution in [0.1, 0.15) is 13.2 Å². The summed E-state index contributed by atoms with van der Waals surface area (Å²) >= 11 is 0. The second kappa shape index (κ2) is 10.6. The number of carbonyl (C=O) groups is 1. The molecule has 2 aromatic rings. The van der Waals surface area contributed by atoms with Crippen molar-refractivity contribution in [2.45, 2.75) is 37.1 Å². The number of hydrogen-bond acceptors (Lipinski definition) is 13. The number of rotatable bonds is 10. The Labute approximate surface area is 198 Å². The highest BCUT2D eigenvalue weighted by molar-refractivity contribution is 7.52. The number of nitrogens with one attached hydrogen (secondary N) is 2. The summed E-state index contributed by atoms with van der Waals surface area (Å²) in [5.41, 5.74) is 9.86. The summed E-state index contributed by atoms with van der Waals surface area (Å²) in [5, 5.41) is 26.8. The molecule has 0 radical (unpaired) electrons. The van der Waals surface area contributed by atoms with E-state index in [0.29, 0.717) is 0 Å². The molecule has 35 heavy (non-hydrogen) atoms. The van der Waals surface area contributed by atoms with Crippen molar-refractivity contribution < 1.29 is 38.1 Å². The van der Waals surface area contributed by atoms with Crippen molar-refractivity contribution in [2.75, 3.05) is 19.5 Å². The fraction of sp³-hybridized carbons (Fsp3) is 0.421. The number of anilines is 1. The van der Waals surface area contributed by atoms with Gasteiger partial charge in [-0.05, 0) is 25.1 Å². The number of nitrogen functional groups attached to an aromatic ring is 1. The van der Waals surface area contributed by atoms with Crippen LogP contribution in [0.15, 0.2) is 52.5 Å². The lowest BCUT2D eigenvalue weighted by Gasteiger charge is -2.29. The number of nitrogens with zero attached hydrogens (tertiary/aromatic N) is 3. The molecule has 0 saturated carbocycles. The van der Waals surface area contributed by atoms with Crippen LogP contribution in [-0.2, 0) is 23.4 Å².